The van der Waals surface area contributed by atoms with Gasteiger partial charge >= 0.3 is 0 Å². The Morgan fingerprint density at radius 1 is 1.18 bits per heavy atom. The summed E-state index contributed by atoms with van der Waals surface area (Å²) in [5.41, 5.74) is 1.02. The summed E-state index contributed by atoms with van der Waals surface area (Å²) in [7, 11) is -3.27. The Bertz CT molecular complexity index is 813. The van der Waals surface area contributed by atoms with Crippen molar-refractivity contribution < 1.29 is 8.42 Å². The van der Waals surface area contributed by atoms with Crippen molar-refractivity contribution in [2.24, 2.45) is 0 Å². The second-order valence-corrected chi connectivity index (χ2v) is 7.72. The van der Waals surface area contributed by atoms with E-state index in [0.717, 1.165) is 10.6 Å². The van der Waals surface area contributed by atoms with E-state index < -0.39 is 10.0 Å². The van der Waals surface area contributed by atoms with E-state index in [2.05, 4.69) is 20.0 Å². The smallest absolute Gasteiger partial charge is 0.215 e. The first kappa shape index (κ1) is 15.1. The summed E-state index contributed by atoms with van der Waals surface area (Å²) in [6, 6.07) is 9.58. The molecule has 1 N–H and O–H groups in total. The van der Waals surface area contributed by atoms with Crippen LogP contribution in [-0.4, -0.2) is 40.5 Å². The number of hydrogen-bond donors (Lipinski definition) is 1. The van der Waals surface area contributed by atoms with Gasteiger partial charge in [-0.2, -0.15) is 9.61 Å². The van der Waals surface area contributed by atoms with Crippen LogP contribution < -0.4 is 4.72 Å². The maximum absolute atomic E-state index is 12.0. The van der Waals surface area contributed by atoms with Crippen LogP contribution in [0.5, 0.6) is 0 Å². The van der Waals surface area contributed by atoms with Gasteiger partial charge < -0.3 is 0 Å². The standard InChI is InChI=1S/C13H15N5O2S2/c19-22(20,9-7-11-4-2-1-3-5-11)15-8-6-12-17-18-10-14-16-13(18)21-12/h1-5,10,15H,6-9H2. The van der Waals surface area contributed by atoms with Crippen LogP contribution in [-0.2, 0) is 22.9 Å². The fourth-order valence-corrected chi connectivity index (χ4v) is 3.86. The molecule has 3 rings (SSSR count). The molecule has 0 spiro atoms. The van der Waals surface area contributed by atoms with E-state index in [9.17, 15) is 8.42 Å². The van der Waals surface area contributed by atoms with Gasteiger partial charge in [-0.15, -0.1) is 10.2 Å². The van der Waals surface area contributed by atoms with Crippen molar-refractivity contribution in [3.05, 3.63) is 47.2 Å². The number of sulfonamides is 1. The predicted molar refractivity (Wildman–Crippen MR) is 84.3 cm³/mol. The molecule has 0 bridgehead atoms. The van der Waals surface area contributed by atoms with Gasteiger partial charge in [-0.1, -0.05) is 41.7 Å². The number of aromatic nitrogens is 4. The molecule has 3 aromatic rings. The zero-order valence-electron chi connectivity index (χ0n) is 11.7. The summed E-state index contributed by atoms with van der Waals surface area (Å²) in [6.45, 7) is 0.335. The molecular weight excluding hydrogens is 322 g/mol. The second kappa shape index (κ2) is 6.51. The molecular formula is C13H15N5O2S2. The van der Waals surface area contributed by atoms with Crippen molar-refractivity contribution >= 4 is 26.3 Å². The van der Waals surface area contributed by atoms with E-state index in [1.165, 1.54) is 17.7 Å². The SMILES string of the molecule is O=S(=O)(CCc1ccccc1)NCCc1nn2cnnc2s1. The summed E-state index contributed by atoms with van der Waals surface area (Å²) >= 11 is 1.41. The Hall–Kier alpha value is -1.84. The molecule has 2 heterocycles. The molecule has 0 atom stereocenters. The topological polar surface area (TPSA) is 89.2 Å². The van der Waals surface area contributed by atoms with Gasteiger partial charge in [0, 0.05) is 13.0 Å². The number of fused-ring (bicyclic) bond motifs is 1. The van der Waals surface area contributed by atoms with Crippen molar-refractivity contribution in [3.8, 4) is 0 Å². The molecule has 0 unspecified atom stereocenters. The van der Waals surface area contributed by atoms with Gasteiger partial charge in [0.2, 0.25) is 15.0 Å². The highest BCUT2D eigenvalue weighted by Crippen LogP contribution is 2.11. The molecule has 0 radical (unpaired) electrons. The minimum atomic E-state index is -3.27. The molecule has 2 aromatic heterocycles. The van der Waals surface area contributed by atoms with E-state index in [-0.39, 0.29) is 5.75 Å². The number of benzene rings is 1. The second-order valence-electron chi connectivity index (χ2n) is 4.75. The summed E-state index contributed by atoms with van der Waals surface area (Å²) < 4.78 is 28.1. The van der Waals surface area contributed by atoms with E-state index in [4.69, 9.17) is 0 Å². The molecule has 1 aromatic carbocycles. The van der Waals surface area contributed by atoms with Crippen molar-refractivity contribution in [2.45, 2.75) is 12.8 Å². The lowest BCUT2D eigenvalue weighted by atomic mass is 10.2. The highest BCUT2D eigenvalue weighted by molar-refractivity contribution is 7.89. The third-order valence-corrected chi connectivity index (χ3v) is 5.45. The monoisotopic (exact) mass is 337 g/mol. The largest absolute Gasteiger partial charge is 0.234 e. The fourth-order valence-electron chi connectivity index (χ4n) is 1.98. The number of rotatable bonds is 7. The van der Waals surface area contributed by atoms with Crippen LogP contribution in [0.4, 0.5) is 0 Å². The maximum atomic E-state index is 12.0. The van der Waals surface area contributed by atoms with Crippen LogP contribution in [0.25, 0.3) is 4.96 Å². The molecule has 0 fully saturated rings. The van der Waals surface area contributed by atoms with E-state index in [1.54, 1.807) is 4.52 Å². The van der Waals surface area contributed by atoms with Crippen LogP contribution in [0.1, 0.15) is 10.6 Å². The van der Waals surface area contributed by atoms with Crippen molar-refractivity contribution in [1.29, 1.82) is 0 Å². The minimum absolute atomic E-state index is 0.0854. The minimum Gasteiger partial charge on any atom is -0.215 e. The lowest BCUT2D eigenvalue weighted by Gasteiger charge is -2.05. The Kier molecular flexibility index (Phi) is 4.46. The van der Waals surface area contributed by atoms with Gasteiger partial charge in [0.15, 0.2) is 0 Å². The summed E-state index contributed by atoms with van der Waals surface area (Å²) in [5, 5.41) is 12.7. The highest BCUT2D eigenvalue weighted by Gasteiger charge is 2.11. The van der Waals surface area contributed by atoms with E-state index in [0.29, 0.717) is 24.3 Å². The van der Waals surface area contributed by atoms with Gasteiger partial charge in [0.1, 0.15) is 11.3 Å². The predicted octanol–water partition coefficient (Wildman–Crippen LogP) is 0.890. The molecule has 0 saturated heterocycles. The Balaban J connectivity index is 1.48. The first-order valence-corrected chi connectivity index (χ1v) is 9.26. The fraction of sp³-hybridized carbons (Fsp3) is 0.308. The quantitative estimate of drug-likeness (QED) is 0.691. The first-order valence-electron chi connectivity index (χ1n) is 6.79. The molecule has 0 aliphatic rings. The third kappa shape index (κ3) is 3.87. The molecule has 0 aliphatic carbocycles. The van der Waals surface area contributed by atoms with Crippen LogP contribution in [0.15, 0.2) is 36.7 Å². The van der Waals surface area contributed by atoms with Crippen LogP contribution in [0, 0.1) is 0 Å². The van der Waals surface area contributed by atoms with Crippen LogP contribution in [0.2, 0.25) is 0 Å². The lowest BCUT2D eigenvalue weighted by molar-refractivity contribution is 0.580. The molecule has 116 valence electrons. The summed E-state index contributed by atoms with van der Waals surface area (Å²) in [6.07, 6.45) is 2.57. The lowest BCUT2D eigenvalue weighted by Crippen LogP contribution is -2.29. The van der Waals surface area contributed by atoms with Crippen molar-refractivity contribution in [2.75, 3.05) is 12.3 Å². The van der Waals surface area contributed by atoms with Gasteiger partial charge in [0.25, 0.3) is 0 Å². The van der Waals surface area contributed by atoms with E-state index in [1.807, 2.05) is 30.3 Å². The van der Waals surface area contributed by atoms with Gasteiger partial charge in [-0.25, -0.2) is 13.1 Å². The molecule has 0 amide bonds. The Morgan fingerprint density at radius 2 is 2.00 bits per heavy atom. The third-order valence-electron chi connectivity index (χ3n) is 3.09. The molecule has 7 nitrogen and oxygen atoms in total. The zero-order chi connectivity index (χ0) is 15.4. The van der Waals surface area contributed by atoms with E-state index >= 15 is 0 Å². The van der Waals surface area contributed by atoms with Crippen molar-refractivity contribution in [3.63, 3.8) is 0 Å². The summed E-state index contributed by atoms with van der Waals surface area (Å²) in [5.74, 6) is 0.0854. The van der Waals surface area contributed by atoms with Crippen LogP contribution >= 0.6 is 11.3 Å². The average molecular weight is 337 g/mol. The molecule has 9 heteroatoms. The number of nitrogens with one attached hydrogen (secondary N) is 1. The van der Waals surface area contributed by atoms with Gasteiger partial charge in [-0.05, 0) is 12.0 Å². The Morgan fingerprint density at radius 3 is 2.77 bits per heavy atom. The molecule has 0 aliphatic heterocycles. The number of nitrogens with zero attached hydrogens (tertiary/aromatic N) is 4. The molecule has 22 heavy (non-hydrogen) atoms. The first-order chi connectivity index (χ1) is 10.6. The normalized spacial score (nSPS) is 12.0. The van der Waals surface area contributed by atoms with Crippen LogP contribution in [0.3, 0.4) is 0 Å². The average Bonchev–Trinajstić information content (AvgIpc) is 3.07. The maximum Gasteiger partial charge on any atom is 0.234 e. The number of hydrogen-bond acceptors (Lipinski definition) is 6. The number of aryl methyl sites for hydroxylation is 1. The molecule has 0 saturated carbocycles. The van der Waals surface area contributed by atoms with Crippen molar-refractivity contribution in [1.82, 2.24) is 24.5 Å². The highest BCUT2D eigenvalue weighted by atomic mass is 32.2. The Labute approximate surface area is 132 Å². The zero-order valence-corrected chi connectivity index (χ0v) is 13.3. The van der Waals surface area contributed by atoms with Gasteiger partial charge in [-0.3, -0.25) is 0 Å². The summed E-state index contributed by atoms with van der Waals surface area (Å²) in [4.78, 5) is 0.710. The van der Waals surface area contributed by atoms with Gasteiger partial charge in [0.05, 0.1) is 5.75 Å².